The molecule has 1 rings (SSSR count). The number of aromatic nitrogens is 1. The third-order valence-electron chi connectivity index (χ3n) is 2.45. The zero-order valence-corrected chi connectivity index (χ0v) is 10.2. The van der Waals surface area contributed by atoms with Crippen molar-refractivity contribution in [3.05, 3.63) is 33.7 Å². The Labute approximate surface area is 110 Å². The van der Waals surface area contributed by atoms with Gasteiger partial charge < -0.3 is 15.4 Å². The van der Waals surface area contributed by atoms with Crippen molar-refractivity contribution in [1.29, 1.82) is 0 Å². The van der Waals surface area contributed by atoms with Gasteiger partial charge in [0.1, 0.15) is 11.3 Å². The molecular weight excluding hydrogens is 281 g/mol. The molecule has 1 aromatic heterocycles. The lowest BCUT2D eigenvalue weighted by atomic mass is 10.1. The fraction of sp³-hybridized carbons (Fsp3) is 0.364. The van der Waals surface area contributed by atoms with Crippen molar-refractivity contribution in [2.45, 2.75) is 13.1 Å². The molecule has 1 amide bonds. The number of aliphatic carboxylic acids is 1. The summed E-state index contributed by atoms with van der Waals surface area (Å²) in [5.74, 6) is -2.97. The van der Waals surface area contributed by atoms with Gasteiger partial charge in [-0.15, -0.1) is 0 Å². The van der Waals surface area contributed by atoms with E-state index < -0.39 is 40.8 Å². The predicted molar refractivity (Wildman–Crippen MR) is 61.2 cm³/mol. The third kappa shape index (κ3) is 3.84. The second kappa shape index (κ2) is 5.76. The van der Waals surface area contributed by atoms with Crippen molar-refractivity contribution in [3.8, 4) is 0 Å². The van der Waals surface area contributed by atoms with Gasteiger partial charge >= 0.3 is 12.1 Å². The molecule has 3 N–H and O–H groups in total. The maximum atomic E-state index is 12.3. The number of carboxylic acid groups (broad SMARTS) is 1. The summed E-state index contributed by atoms with van der Waals surface area (Å²) in [6, 6.07) is 1.30. The molecule has 0 aromatic carbocycles. The zero-order chi connectivity index (χ0) is 15.5. The molecule has 1 heterocycles. The van der Waals surface area contributed by atoms with E-state index in [9.17, 15) is 27.6 Å². The van der Waals surface area contributed by atoms with Crippen molar-refractivity contribution in [2.75, 3.05) is 6.54 Å². The summed E-state index contributed by atoms with van der Waals surface area (Å²) >= 11 is 0. The number of rotatable bonds is 4. The van der Waals surface area contributed by atoms with E-state index in [-0.39, 0.29) is 6.54 Å². The summed E-state index contributed by atoms with van der Waals surface area (Å²) < 4.78 is 36.9. The first-order valence-electron chi connectivity index (χ1n) is 5.44. The standard InChI is InChI=1S/C11H11F3N2O4/c1-5(10(19)20)4-15-8(17)6-2-3-7(11(12,13)14)16-9(6)18/h2-3,5H,4H2,1H3,(H,15,17)(H,16,18)(H,19,20). The number of nitrogens with one attached hydrogen (secondary N) is 2. The summed E-state index contributed by atoms with van der Waals surface area (Å²) in [4.78, 5) is 35.0. The first kappa shape index (κ1) is 15.7. The average molecular weight is 292 g/mol. The topological polar surface area (TPSA) is 99.3 Å². The highest BCUT2D eigenvalue weighted by molar-refractivity contribution is 5.94. The lowest BCUT2D eigenvalue weighted by Gasteiger charge is -2.09. The van der Waals surface area contributed by atoms with E-state index in [1.54, 1.807) is 4.98 Å². The number of carbonyl (C=O) groups is 2. The Morgan fingerprint density at radius 3 is 2.45 bits per heavy atom. The molecule has 0 fully saturated rings. The van der Waals surface area contributed by atoms with Crippen molar-refractivity contribution in [1.82, 2.24) is 10.3 Å². The minimum atomic E-state index is -4.72. The van der Waals surface area contributed by atoms with Gasteiger partial charge in [-0.25, -0.2) is 0 Å². The normalized spacial score (nSPS) is 12.8. The van der Waals surface area contributed by atoms with Crippen LogP contribution >= 0.6 is 0 Å². The highest BCUT2D eigenvalue weighted by Gasteiger charge is 2.32. The Morgan fingerprint density at radius 2 is 2.00 bits per heavy atom. The first-order chi connectivity index (χ1) is 9.12. The number of aromatic amines is 1. The van der Waals surface area contributed by atoms with E-state index >= 15 is 0 Å². The van der Waals surface area contributed by atoms with Crippen LogP contribution in [-0.2, 0) is 11.0 Å². The van der Waals surface area contributed by atoms with E-state index in [0.29, 0.717) is 6.07 Å². The largest absolute Gasteiger partial charge is 0.481 e. The van der Waals surface area contributed by atoms with Crippen LogP contribution in [0.4, 0.5) is 13.2 Å². The molecule has 0 saturated heterocycles. The summed E-state index contributed by atoms with van der Waals surface area (Å²) in [5.41, 5.74) is -2.98. The first-order valence-corrected chi connectivity index (χ1v) is 5.44. The SMILES string of the molecule is CC(CNC(=O)c1ccc(C(F)(F)F)[nH]c1=O)C(=O)O. The van der Waals surface area contributed by atoms with E-state index in [4.69, 9.17) is 5.11 Å². The summed E-state index contributed by atoms with van der Waals surface area (Å²) in [6.45, 7) is 1.09. The van der Waals surface area contributed by atoms with Crippen LogP contribution in [0, 0.1) is 5.92 Å². The number of carbonyl (C=O) groups excluding carboxylic acids is 1. The molecular formula is C11H11F3N2O4. The molecule has 9 heteroatoms. The lowest BCUT2D eigenvalue weighted by Crippen LogP contribution is -2.35. The van der Waals surface area contributed by atoms with Crippen LogP contribution in [0.1, 0.15) is 23.0 Å². The predicted octanol–water partition coefficient (Wildman–Crippen LogP) is 0.844. The number of amides is 1. The molecule has 20 heavy (non-hydrogen) atoms. The number of hydrogen-bond donors (Lipinski definition) is 3. The van der Waals surface area contributed by atoms with Gasteiger partial charge in [0.25, 0.3) is 11.5 Å². The van der Waals surface area contributed by atoms with E-state index in [0.717, 1.165) is 6.07 Å². The van der Waals surface area contributed by atoms with Crippen LogP contribution in [0.3, 0.4) is 0 Å². The molecule has 0 aliphatic rings. The van der Waals surface area contributed by atoms with Crippen LogP contribution in [0.25, 0.3) is 0 Å². The number of pyridine rings is 1. The fourth-order valence-corrected chi connectivity index (χ4v) is 1.25. The van der Waals surface area contributed by atoms with Crippen molar-refractivity contribution < 1.29 is 27.9 Å². The number of carboxylic acids is 1. The number of alkyl halides is 3. The lowest BCUT2D eigenvalue weighted by molar-refractivity contribution is -0.142. The summed E-state index contributed by atoms with van der Waals surface area (Å²) in [7, 11) is 0. The van der Waals surface area contributed by atoms with Crippen molar-refractivity contribution >= 4 is 11.9 Å². The number of halogens is 3. The monoisotopic (exact) mass is 292 g/mol. The molecule has 6 nitrogen and oxygen atoms in total. The van der Waals surface area contributed by atoms with Gasteiger partial charge in [0.05, 0.1) is 5.92 Å². The Balaban J connectivity index is 2.85. The third-order valence-corrected chi connectivity index (χ3v) is 2.45. The van der Waals surface area contributed by atoms with Crippen LogP contribution in [0.5, 0.6) is 0 Å². The van der Waals surface area contributed by atoms with Crippen LogP contribution in [0.2, 0.25) is 0 Å². The highest BCUT2D eigenvalue weighted by Crippen LogP contribution is 2.26. The molecule has 0 bridgehead atoms. The number of hydrogen-bond acceptors (Lipinski definition) is 3. The van der Waals surface area contributed by atoms with Gasteiger partial charge in [-0.05, 0) is 12.1 Å². The highest BCUT2D eigenvalue weighted by atomic mass is 19.4. The van der Waals surface area contributed by atoms with Gasteiger partial charge in [0.15, 0.2) is 0 Å². The smallest absolute Gasteiger partial charge is 0.431 e. The molecule has 110 valence electrons. The molecule has 0 spiro atoms. The average Bonchev–Trinajstić information content (AvgIpc) is 2.34. The number of H-pyrrole nitrogens is 1. The van der Waals surface area contributed by atoms with E-state index in [2.05, 4.69) is 5.32 Å². The Morgan fingerprint density at radius 1 is 1.40 bits per heavy atom. The molecule has 0 aliphatic heterocycles. The van der Waals surface area contributed by atoms with E-state index in [1.165, 1.54) is 6.92 Å². The summed E-state index contributed by atoms with van der Waals surface area (Å²) in [5, 5.41) is 10.8. The fourth-order valence-electron chi connectivity index (χ4n) is 1.25. The second-order valence-electron chi connectivity index (χ2n) is 4.06. The van der Waals surface area contributed by atoms with Gasteiger partial charge in [-0.1, -0.05) is 6.92 Å². The zero-order valence-electron chi connectivity index (χ0n) is 10.2. The Hall–Kier alpha value is -2.32. The quantitative estimate of drug-likeness (QED) is 0.765. The molecule has 1 atom stereocenters. The van der Waals surface area contributed by atoms with Crippen LogP contribution < -0.4 is 10.9 Å². The van der Waals surface area contributed by atoms with Gasteiger partial charge in [-0.3, -0.25) is 14.4 Å². The minimum absolute atomic E-state index is 0.241. The molecule has 0 saturated carbocycles. The van der Waals surface area contributed by atoms with Gasteiger partial charge in [-0.2, -0.15) is 13.2 Å². The van der Waals surface area contributed by atoms with Crippen LogP contribution in [0.15, 0.2) is 16.9 Å². The van der Waals surface area contributed by atoms with Crippen molar-refractivity contribution in [3.63, 3.8) is 0 Å². The van der Waals surface area contributed by atoms with Crippen LogP contribution in [-0.4, -0.2) is 28.5 Å². The maximum absolute atomic E-state index is 12.3. The van der Waals surface area contributed by atoms with Gasteiger partial charge in [0, 0.05) is 6.54 Å². The molecule has 1 unspecified atom stereocenters. The van der Waals surface area contributed by atoms with Gasteiger partial charge in [0.2, 0.25) is 0 Å². The summed E-state index contributed by atoms with van der Waals surface area (Å²) in [6.07, 6.45) is -4.72. The minimum Gasteiger partial charge on any atom is -0.481 e. The van der Waals surface area contributed by atoms with Crippen molar-refractivity contribution in [2.24, 2.45) is 5.92 Å². The Bertz CT molecular complexity index is 580. The van der Waals surface area contributed by atoms with E-state index in [1.807, 2.05) is 0 Å². The second-order valence-corrected chi connectivity index (χ2v) is 4.06. The Kier molecular flexibility index (Phi) is 4.53. The maximum Gasteiger partial charge on any atom is 0.431 e. The molecule has 1 aromatic rings. The molecule has 0 radical (unpaired) electrons. The molecule has 0 aliphatic carbocycles.